The zero-order chi connectivity index (χ0) is 15.5. The molecule has 0 aromatic heterocycles. The highest BCUT2D eigenvalue weighted by atomic mass is 16.5. The van der Waals surface area contributed by atoms with E-state index in [1.807, 2.05) is 30.3 Å². The monoisotopic (exact) mass is 288 g/mol. The first-order valence-electron chi connectivity index (χ1n) is 7.42. The minimum Gasteiger partial charge on any atom is -0.497 e. The van der Waals surface area contributed by atoms with E-state index in [2.05, 4.69) is 6.92 Å². The van der Waals surface area contributed by atoms with Crippen LogP contribution in [0.5, 0.6) is 5.75 Å². The zero-order valence-electron chi connectivity index (χ0n) is 12.8. The summed E-state index contributed by atoms with van der Waals surface area (Å²) < 4.78 is 5.16. The average Bonchev–Trinajstić information content (AvgIpc) is 2.49. The van der Waals surface area contributed by atoms with Crippen molar-refractivity contribution < 1.29 is 14.6 Å². The van der Waals surface area contributed by atoms with Gasteiger partial charge in [0.05, 0.1) is 7.11 Å². The van der Waals surface area contributed by atoms with Crippen molar-refractivity contribution in [2.24, 2.45) is 0 Å². The highest BCUT2D eigenvalue weighted by Crippen LogP contribution is 2.24. The third kappa shape index (κ3) is 6.80. The lowest BCUT2D eigenvalue weighted by Crippen LogP contribution is -1.89. The average molecular weight is 288 g/mol. The maximum Gasteiger partial charge on any atom is 0.328 e. The number of allylic oxidation sites excluding steroid dienone is 3. The van der Waals surface area contributed by atoms with Crippen molar-refractivity contribution in [3.8, 4) is 5.75 Å². The van der Waals surface area contributed by atoms with Gasteiger partial charge < -0.3 is 9.84 Å². The van der Waals surface area contributed by atoms with Crippen LogP contribution in [0.25, 0.3) is 5.57 Å². The van der Waals surface area contributed by atoms with Gasteiger partial charge in [-0.2, -0.15) is 0 Å². The third-order valence-corrected chi connectivity index (χ3v) is 3.30. The summed E-state index contributed by atoms with van der Waals surface area (Å²) in [6.07, 6.45) is 10.4. The van der Waals surface area contributed by atoms with Gasteiger partial charge in [0, 0.05) is 6.08 Å². The molecule has 0 aliphatic carbocycles. The lowest BCUT2D eigenvalue weighted by molar-refractivity contribution is -0.131. The molecule has 21 heavy (non-hydrogen) atoms. The fourth-order valence-corrected chi connectivity index (χ4v) is 2.12. The Balaban J connectivity index is 2.80. The summed E-state index contributed by atoms with van der Waals surface area (Å²) in [5.74, 6) is -0.100. The van der Waals surface area contributed by atoms with E-state index in [4.69, 9.17) is 9.84 Å². The van der Waals surface area contributed by atoms with Gasteiger partial charge in [-0.25, -0.2) is 4.79 Å². The van der Waals surface area contributed by atoms with E-state index in [1.54, 1.807) is 13.2 Å². The van der Waals surface area contributed by atoms with E-state index in [0.29, 0.717) is 0 Å². The third-order valence-electron chi connectivity index (χ3n) is 3.30. The highest BCUT2D eigenvalue weighted by Gasteiger charge is 2.02. The normalized spacial score (nSPS) is 11.8. The van der Waals surface area contributed by atoms with Crippen molar-refractivity contribution in [2.75, 3.05) is 7.11 Å². The molecule has 1 aromatic carbocycles. The standard InChI is InChI=1S/C18H24O3/c1-3-4-5-6-8-15(9-7-10-18(19)20)16-11-13-17(21-2)14-12-16/h7,9-14H,3-6,8H2,1-2H3,(H,19,20)/b10-7+,15-9-. The molecule has 0 saturated carbocycles. The number of benzene rings is 1. The maximum atomic E-state index is 10.6. The molecule has 1 aromatic rings. The molecule has 0 amide bonds. The number of rotatable bonds is 9. The number of carboxylic acid groups (broad SMARTS) is 1. The van der Waals surface area contributed by atoms with Crippen LogP contribution in [0.3, 0.4) is 0 Å². The van der Waals surface area contributed by atoms with E-state index in [9.17, 15) is 4.79 Å². The van der Waals surface area contributed by atoms with Crippen LogP contribution >= 0.6 is 0 Å². The SMILES string of the molecule is CCCCCC/C(=C/C=C/C(=O)O)c1ccc(OC)cc1. The summed E-state index contributed by atoms with van der Waals surface area (Å²) in [7, 11) is 1.64. The van der Waals surface area contributed by atoms with Crippen LogP contribution in [0.15, 0.2) is 42.5 Å². The van der Waals surface area contributed by atoms with Crippen molar-refractivity contribution in [1.29, 1.82) is 0 Å². The molecule has 3 nitrogen and oxygen atoms in total. The van der Waals surface area contributed by atoms with Gasteiger partial charge in [-0.05, 0) is 36.1 Å². The number of unbranched alkanes of at least 4 members (excludes halogenated alkanes) is 3. The van der Waals surface area contributed by atoms with Gasteiger partial charge in [-0.15, -0.1) is 0 Å². The van der Waals surface area contributed by atoms with Crippen LogP contribution in [0.4, 0.5) is 0 Å². The fraction of sp³-hybridized carbons (Fsp3) is 0.389. The lowest BCUT2D eigenvalue weighted by atomic mass is 9.98. The van der Waals surface area contributed by atoms with Gasteiger partial charge in [0.1, 0.15) is 5.75 Å². The van der Waals surface area contributed by atoms with Crippen molar-refractivity contribution in [2.45, 2.75) is 39.0 Å². The summed E-state index contributed by atoms with van der Waals surface area (Å²) in [5.41, 5.74) is 2.27. The highest BCUT2D eigenvalue weighted by molar-refractivity contribution is 5.81. The largest absolute Gasteiger partial charge is 0.497 e. The minimum atomic E-state index is -0.925. The molecule has 0 saturated heterocycles. The fourth-order valence-electron chi connectivity index (χ4n) is 2.12. The molecule has 0 fully saturated rings. The van der Waals surface area contributed by atoms with E-state index in [1.165, 1.54) is 19.3 Å². The Bertz CT molecular complexity index is 484. The molecule has 0 aliphatic heterocycles. The van der Waals surface area contributed by atoms with Crippen molar-refractivity contribution in [3.05, 3.63) is 48.1 Å². The van der Waals surface area contributed by atoms with Crippen LogP contribution in [0, 0.1) is 0 Å². The smallest absolute Gasteiger partial charge is 0.328 e. The summed E-state index contributed by atoms with van der Waals surface area (Å²) in [6, 6.07) is 7.88. The minimum absolute atomic E-state index is 0.824. The maximum absolute atomic E-state index is 10.6. The molecule has 0 aliphatic rings. The van der Waals surface area contributed by atoms with Crippen molar-refractivity contribution >= 4 is 11.5 Å². The molecule has 0 bridgehead atoms. The molecule has 0 spiro atoms. The first-order chi connectivity index (χ1) is 10.2. The van der Waals surface area contributed by atoms with Crippen LogP contribution < -0.4 is 4.74 Å². The predicted molar refractivity (Wildman–Crippen MR) is 86.5 cm³/mol. The van der Waals surface area contributed by atoms with E-state index in [-0.39, 0.29) is 0 Å². The Labute approximate surface area is 127 Å². The molecular formula is C18H24O3. The number of hydrogen-bond donors (Lipinski definition) is 1. The molecule has 1 rings (SSSR count). The second-order valence-electron chi connectivity index (χ2n) is 4.93. The topological polar surface area (TPSA) is 46.5 Å². The predicted octanol–water partition coefficient (Wildman–Crippen LogP) is 4.69. The molecule has 114 valence electrons. The first kappa shape index (κ1) is 17.0. The van der Waals surface area contributed by atoms with E-state index >= 15 is 0 Å². The number of carbonyl (C=O) groups is 1. The molecule has 0 unspecified atom stereocenters. The quantitative estimate of drug-likeness (QED) is 0.407. The van der Waals surface area contributed by atoms with Crippen molar-refractivity contribution in [1.82, 2.24) is 0 Å². The first-order valence-corrected chi connectivity index (χ1v) is 7.42. The molecule has 0 radical (unpaired) electrons. The van der Waals surface area contributed by atoms with Gasteiger partial charge in [0.2, 0.25) is 0 Å². The number of ether oxygens (including phenoxy) is 1. The van der Waals surface area contributed by atoms with Crippen molar-refractivity contribution in [3.63, 3.8) is 0 Å². The summed E-state index contributed by atoms with van der Waals surface area (Å²) in [4.78, 5) is 10.6. The Kier molecular flexibility index (Phi) is 7.95. The lowest BCUT2D eigenvalue weighted by Gasteiger charge is -2.08. The number of methoxy groups -OCH3 is 1. The Morgan fingerprint density at radius 3 is 2.48 bits per heavy atom. The van der Waals surface area contributed by atoms with Crippen LogP contribution in [0.2, 0.25) is 0 Å². The summed E-state index contributed by atoms with van der Waals surface area (Å²) in [6.45, 7) is 2.19. The van der Waals surface area contributed by atoms with Gasteiger partial charge in [-0.1, -0.05) is 50.5 Å². The van der Waals surface area contributed by atoms with Crippen LogP contribution in [0.1, 0.15) is 44.6 Å². The van der Waals surface area contributed by atoms with Gasteiger partial charge in [0.15, 0.2) is 0 Å². The van der Waals surface area contributed by atoms with Gasteiger partial charge in [0.25, 0.3) is 0 Å². The summed E-state index contributed by atoms with van der Waals surface area (Å²) in [5, 5.41) is 8.68. The number of carboxylic acids is 1. The zero-order valence-corrected chi connectivity index (χ0v) is 12.8. The molecule has 0 atom stereocenters. The second kappa shape index (κ2) is 9.81. The Hall–Kier alpha value is -2.03. The van der Waals surface area contributed by atoms with Crippen LogP contribution in [-0.2, 0) is 4.79 Å². The van der Waals surface area contributed by atoms with Gasteiger partial charge in [-0.3, -0.25) is 0 Å². The van der Waals surface area contributed by atoms with Gasteiger partial charge >= 0.3 is 5.97 Å². The summed E-state index contributed by atoms with van der Waals surface area (Å²) >= 11 is 0. The molecule has 0 heterocycles. The van der Waals surface area contributed by atoms with E-state index < -0.39 is 5.97 Å². The second-order valence-corrected chi connectivity index (χ2v) is 4.93. The molecule has 3 heteroatoms. The number of aliphatic carboxylic acids is 1. The molecule has 1 N–H and O–H groups in total. The molecular weight excluding hydrogens is 264 g/mol. The van der Waals surface area contributed by atoms with Crippen LogP contribution in [-0.4, -0.2) is 18.2 Å². The Morgan fingerprint density at radius 2 is 1.90 bits per heavy atom. The number of hydrogen-bond acceptors (Lipinski definition) is 2. The Morgan fingerprint density at radius 1 is 1.19 bits per heavy atom. The van der Waals surface area contributed by atoms with E-state index in [0.717, 1.165) is 35.8 Å².